The number of imidazole rings is 1. The predicted octanol–water partition coefficient (Wildman–Crippen LogP) is 3.14. The highest BCUT2D eigenvalue weighted by Gasteiger charge is 2.05. The molecule has 0 radical (unpaired) electrons. The second kappa shape index (κ2) is 5.85. The zero-order valence-electron chi connectivity index (χ0n) is 11.1. The molecule has 0 fully saturated rings. The maximum absolute atomic E-state index is 11.9. The molecule has 0 atom stereocenters. The molecule has 0 saturated heterocycles. The van der Waals surface area contributed by atoms with E-state index in [2.05, 4.69) is 15.7 Å². The third-order valence-corrected chi connectivity index (χ3v) is 3.29. The summed E-state index contributed by atoms with van der Waals surface area (Å²) in [6.07, 6.45) is 1.58. The number of para-hydroxylation sites is 2. The van der Waals surface area contributed by atoms with Crippen LogP contribution in [0.25, 0.3) is 11.0 Å². The van der Waals surface area contributed by atoms with Crippen LogP contribution in [0.2, 0.25) is 5.02 Å². The number of carbonyl (C=O) groups is 1. The van der Waals surface area contributed by atoms with Crippen molar-refractivity contribution in [1.29, 1.82) is 0 Å². The number of rotatable bonds is 3. The van der Waals surface area contributed by atoms with E-state index in [1.165, 1.54) is 0 Å². The van der Waals surface area contributed by atoms with Crippen LogP contribution in [0.15, 0.2) is 54.9 Å². The lowest BCUT2D eigenvalue weighted by atomic mass is 10.2. The van der Waals surface area contributed by atoms with Crippen molar-refractivity contribution in [1.82, 2.24) is 15.0 Å². The Morgan fingerprint density at radius 1 is 1.14 bits per heavy atom. The molecule has 0 unspecified atom stereocenters. The highest BCUT2D eigenvalue weighted by atomic mass is 35.5. The number of hydrogen-bond donors (Lipinski definition) is 2. The quantitative estimate of drug-likeness (QED) is 0.780. The minimum atomic E-state index is -0.298. The molecule has 3 rings (SSSR count). The number of urea groups is 1. The van der Waals surface area contributed by atoms with E-state index < -0.39 is 0 Å². The van der Waals surface area contributed by atoms with Crippen LogP contribution >= 0.6 is 11.6 Å². The molecule has 1 aromatic heterocycles. The number of nitrogens with zero attached hydrogens (tertiary/aromatic N) is 2. The van der Waals surface area contributed by atoms with Crippen molar-refractivity contribution in [3.8, 4) is 0 Å². The Labute approximate surface area is 126 Å². The van der Waals surface area contributed by atoms with Gasteiger partial charge in [-0.1, -0.05) is 35.9 Å². The van der Waals surface area contributed by atoms with Crippen LogP contribution in [-0.2, 0) is 6.54 Å². The summed E-state index contributed by atoms with van der Waals surface area (Å²) >= 11 is 5.81. The summed E-state index contributed by atoms with van der Waals surface area (Å²) < 4.78 is 1.59. The van der Waals surface area contributed by atoms with Gasteiger partial charge in [-0.25, -0.2) is 19.9 Å². The molecular weight excluding hydrogens is 288 g/mol. The molecule has 3 aromatic rings. The first-order valence-electron chi connectivity index (χ1n) is 6.44. The van der Waals surface area contributed by atoms with Crippen molar-refractivity contribution >= 4 is 28.7 Å². The van der Waals surface area contributed by atoms with E-state index >= 15 is 0 Å². The molecule has 1 heterocycles. The number of benzene rings is 2. The van der Waals surface area contributed by atoms with Crippen LogP contribution in [0.5, 0.6) is 0 Å². The molecule has 0 aliphatic heterocycles. The van der Waals surface area contributed by atoms with Gasteiger partial charge in [0.05, 0.1) is 11.0 Å². The fourth-order valence-electron chi connectivity index (χ4n) is 1.98. The van der Waals surface area contributed by atoms with E-state index in [1.54, 1.807) is 23.1 Å². The molecule has 0 spiro atoms. The maximum atomic E-state index is 11.9. The number of carbonyl (C=O) groups excluding carboxylic acids is 1. The zero-order valence-corrected chi connectivity index (χ0v) is 11.8. The van der Waals surface area contributed by atoms with Crippen LogP contribution < -0.4 is 10.7 Å². The van der Waals surface area contributed by atoms with Gasteiger partial charge in [0.2, 0.25) is 0 Å². The summed E-state index contributed by atoms with van der Waals surface area (Å²) in [5, 5.41) is 3.45. The number of amides is 2. The van der Waals surface area contributed by atoms with Gasteiger partial charge in [0.15, 0.2) is 0 Å². The topological polar surface area (TPSA) is 59.0 Å². The van der Waals surface area contributed by atoms with Crippen LogP contribution in [0.1, 0.15) is 5.56 Å². The number of fused-ring (bicyclic) bond motifs is 1. The lowest BCUT2D eigenvalue weighted by Gasteiger charge is -2.09. The monoisotopic (exact) mass is 300 g/mol. The van der Waals surface area contributed by atoms with Gasteiger partial charge < -0.3 is 5.32 Å². The fourth-order valence-corrected chi connectivity index (χ4v) is 2.11. The van der Waals surface area contributed by atoms with Crippen LogP contribution in [0.3, 0.4) is 0 Å². The molecule has 5 nitrogen and oxygen atoms in total. The third-order valence-electron chi connectivity index (χ3n) is 3.04. The van der Waals surface area contributed by atoms with E-state index in [-0.39, 0.29) is 6.03 Å². The van der Waals surface area contributed by atoms with Gasteiger partial charge in [0, 0.05) is 11.6 Å². The Kier molecular flexibility index (Phi) is 3.75. The van der Waals surface area contributed by atoms with E-state index in [0.29, 0.717) is 11.6 Å². The molecule has 106 valence electrons. The van der Waals surface area contributed by atoms with Gasteiger partial charge in [0.25, 0.3) is 0 Å². The Hall–Kier alpha value is -2.53. The Balaban J connectivity index is 1.62. The smallest absolute Gasteiger partial charge is 0.333 e. The average Bonchev–Trinajstić information content (AvgIpc) is 2.90. The third kappa shape index (κ3) is 3.14. The Bertz CT molecular complexity index is 767. The summed E-state index contributed by atoms with van der Waals surface area (Å²) in [6.45, 7) is 0.426. The molecule has 0 aliphatic rings. The molecular formula is C15H13ClN4O. The van der Waals surface area contributed by atoms with Crippen molar-refractivity contribution < 1.29 is 4.79 Å². The van der Waals surface area contributed by atoms with Crippen molar-refractivity contribution in [3.05, 3.63) is 65.4 Å². The first-order valence-corrected chi connectivity index (χ1v) is 6.81. The summed E-state index contributed by atoms with van der Waals surface area (Å²) in [5.41, 5.74) is 5.38. The summed E-state index contributed by atoms with van der Waals surface area (Å²) in [4.78, 5) is 16.1. The molecule has 2 aromatic carbocycles. The first-order chi connectivity index (χ1) is 10.2. The molecule has 21 heavy (non-hydrogen) atoms. The first kappa shape index (κ1) is 13.5. The molecule has 2 amide bonds. The van der Waals surface area contributed by atoms with Gasteiger partial charge in [0.1, 0.15) is 6.33 Å². The van der Waals surface area contributed by atoms with Crippen molar-refractivity contribution in [3.63, 3.8) is 0 Å². The van der Waals surface area contributed by atoms with Gasteiger partial charge in [-0.15, -0.1) is 0 Å². The number of hydrogen-bond acceptors (Lipinski definition) is 2. The molecule has 6 heteroatoms. The SMILES string of the molecule is O=C(NCc1ccc(Cl)cc1)Nn1cnc2ccccc21. The van der Waals surface area contributed by atoms with Crippen molar-refractivity contribution in [2.45, 2.75) is 6.54 Å². The van der Waals surface area contributed by atoms with Crippen LogP contribution in [0, 0.1) is 0 Å². The molecule has 0 bridgehead atoms. The molecule has 2 N–H and O–H groups in total. The van der Waals surface area contributed by atoms with E-state index in [0.717, 1.165) is 16.6 Å². The Morgan fingerprint density at radius 2 is 1.90 bits per heavy atom. The summed E-state index contributed by atoms with van der Waals surface area (Å²) in [6, 6.07) is 14.6. The summed E-state index contributed by atoms with van der Waals surface area (Å²) in [7, 11) is 0. The highest BCUT2D eigenvalue weighted by Crippen LogP contribution is 2.10. The van der Waals surface area contributed by atoms with E-state index in [1.807, 2.05) is 36.4 Å². The lowest BCUT2D eigenvalue weighted by Crippen LogP contribution is -2.33. The maximum Gasteiger partial charge on any atom is 0.334 e. The highest BCUT2D eigenvalue weighted by molar-refractivity contribution is 6.30. The number of aromatic nitrogens is 2. The van der Waals surface area contributed by atoms with E-state index in [4.69, 9.17) is 11.6 Å². The Morgan fingerprint density at radius 3 is 2.71 bits per heavy atom. The zero-order chi connectivity index (χ0) is 14.7. The van der Waals surface area contributed by atoms with E-state index in [9.17, 15) is 4.79 Å². The lowest BCUT2D eigenvalue weighted by molar-refractivity contribution is 0.249. The minimum absolute atomic E-state index is 0.298. The van der Waals surface area contributed by atoms with Crippen molar-refractivity contribution in [2.24, 2.45) is 0 Å². The second-order valence-electron chi connectivity index (χ2n) is 4.52. The van der Waals surface area contributed by atoms with Gasteiger partial charge in [-0.2, -0.15) is 0 Å². The minimum Gasteiger partial charge on any atom is -0.333 e. The summed E-state index contributed by atoms with van der Waals surface area (Å²) in [5.74, 6) is 0. The second-order valence-corrected chi connectivity index (χ2v) is 4.96. The van der Waals surface area contributed by atoms with Gasteiger partial charge in [-0.3, -0.25) is 0 Å². The fraction of sp³-hybridized carbons (Fsp3) is 0.0667. The number of halogens is 1. The molecule has 0 aliphatic carbocycles. The average molecular weight is 301 g/mol. The largest absolute Gasteiger partial charge is 0.334 e. The van der Waals surface area contributed by atoms with Crippen molar-refractivity contribution in [2.75, 3.05) is 5.43 Å². The number of nitrogens with one attached hydrogen (secondary N) is 2. The van der Waals surface area contributed by atoms with Gasteiger partial charge in [-0.05, 0) is 29.8 Å². The van der Waals surface area contributed by atoms with Crippen LogP contribution in [0.4, 0.5) is 4.79 Å². The standard InChI is InChI=1S/C15H13ClN4O/c16-12-7-5-11(6-8-12)9-17-15(21)19-20-10-18-13-3-1-2-4-14(13)20/h1-8,10H,9H2,(H2,17,19,21). The normalized spacial score (nSPS) is 10.5. The predicted molar refractivity (Wildman–Crippen MR) is 82.8 cm³/mol. The molecule has 0 saturated carbocycles. The van der Waals surface area contributed by atoms with Crippen LogP contribution in [-0.4, -0.2) is 15.7 Å². The van der Waals surface area contributed by atoms with Gasteiger partial charge >= 0.3 is 6.03 Å².